The van der Waals surface area contributed by atoms with E-state index in [1.807, 2.05) is 6.92 Å². The fourth-order valence-corrected chi connectivity index (χ4v) is 0.858. The highest BCUT2D eigenvalue weighted by atomic mass is 16.5. The number of carbonyl (C=O) groups is 3. The molecule has 0 fully saturated rings. The Bertz CT molecular complexity index is 672. The predicted octanol–water partition coefficient (Wildman–Crippen LogP) is 1.73. The molecule has 0 aliphatic carbocycles. The summed E-state index contributed by atoms with van der Waals surface area (Å²) in [6.45, 7) is 5.55. The van der Waals surface area contributed by atoms with Crippen LogP contribution in [-0.2, 0) is 28.6 Å². The molecular weight excluding hydrogens is 366 g/mol. The van der Waals surface area contributed by atoms with E-state index < -0.39 is 17.9 Å². The van der Waals surface area contributed by atoms with Crippen LogP contribution in [0.1, 0.15) is 26.2 Å². The third kappa shape index (κ3) is 29.9. The number of terminal acetylenes is 1. The van der Waals surface area contributed by atoms with Gasteiger partial charge in [-0.3, -0.25) is 14.4 Å². The molecule has 0 amide bonds. The molecule has 0 rings (SSSR count). The SMILES string of the molecule is C#CCOC(=O)CC#N.C/C=C/COC(=O)CC#N.C=CCOC(=O)CC#N. The van der Waals surface area contributed by atoms with Crippen LogP contribution in [-0.4, -0.2) is 37.7 Å². The van der Waals surface area contributed by atoms with Gasteiger partial charge in [-0.1, -0.05) is 30.7 Å². The maximum atomic E-state index is 10.4. The Hall–Kier alpha value is -4.08. The molecule has 0 bridgehead atoms. The standard InChI is InChI=1S/C7H9NO2.C6H7NO2.C6H5NO2/c1-2-3-6-10-7(9)4-5-8;2*1-2-5-9-6(8)3-4-7/h2-3H,4,6H2,1H3;2H,1,3,5H2;1H,3,5H2/b3-2+;;. The third-order valence-corrected chi connectivity index (χ3v) is 1.93. The zero-order chi connectivity index (χ0) is 22.0. The molecule has 28 heavy (non-hydrogen) atoms. The summed E-state index contributed by atoms with van der Waals surface area (Å²) in [6.07, 6.45) is 9.11. The first kappa shape index (κ1) is 28.7. The number of nitrogens with zero attached hydrogens (tertiary/aromatic N) is 3. The van der Waals surface area contributed by atoms with Gasteiger partial charge in [0.2, 0.25) is 0 Å². The summed E-state index contributed by atoms with van der Waals surface area (Å²) in [5.74, 6) is 0.557. The second kappa shape index (κ2) is 25.2. The lowest BCUT2D eigenvalue weighted by Crippen LogP contribution is -2.02. The fraction of sp³-hybridized carbons (Fsp3) is 0.368. The average molecular weight is 387 g/mol. The minimum absolute atomic E-state index is 0.0550. The van der Waals surface area contributed by atoms with E-state index in [2.05, 4.69) is 26.7 Å². The summed E-state index contributed by atoms with van der Waals surface area (Å²) in [5, 5.41) is 23.9. The lowest BCUT2D eigenvalue weighted by atomic mass is 10.5. The van der Waals surface area contributed by atoms with Crippen LogP contribution in [0.3, 0.4) is 0 Å². The second-order valence-electron chi connectivity index (χ2n) is 4.09. The molecule has 0 saturated heterocycles. The van der Waals surface area contributed by atoms with Crippen molar-refractivity contribution >= 4 is 17.9 Å². The molecular formula is C19H21N3O6. The molecule has 9 nitrogen and oxygen atoms in total. The minimum Gasteiger partial charge on any atom is -0.461 e. The fourth-order valence-electron chi connectivity index (χ4n) is 0.858. The number of esters is 3. The smallest absolute Gasteiger partial charge is 0.321 e. The van der Waals surface area contributed by atoms with Crippen LogP contribution in [0.2, 0.25) is 0 Å². The second-order valence-corrected chi connectivity index (χ2v) is 4.09. The lowest BCUT2D eigenvalue weighted by Gasteiger charge is -1.94. The Balaban J connectivity index is -0.000000336. The first-order valence-corrected chi connectivity index (χ1v) is 7.66. The van der Waals surface area contributed by atoms with Crippen LogP contribution in [0.5, 0.6) is 0 Å². The van der Waals surface area contributed by atoms with Gasteiger partial charge in [0.25, 0.3) is 0 Å². The predicted molar refractivity (Wildman–Crippen MR) is 97.4 cm³/mol. The van der Waals surface area contributed by atoms with Crippen molar-refractivity contribution in [1.29, 1.82) is 15.8 Å². The van der Waals surface area contributed by atoms with Crippen molar-refractivity contribution in [2.75, 3.05) is 19.8 Å². The molecule has 0 atom stereocenters. The van der Waals surface area contributed by atoms with Gasteiger partial charge in [0.1, 0.15) is 32.5 Å². The van der Waals surface area contributed by atoms with Gasteiger partial charge in [0.15, 0.2) is 6.61 Å². The molecule has 0 spiro atoms. The van der Waals surface area contributed by atoms with Gasteiger partial charge in [0, 0.05) is 0 Å². The maximum absolute atomic E-state index is 10.4. The number of allylic oxidation sites excluding steroid dienone is 1. The highest BCUT2D eigenvalue weighted by Crippen LogP contribution is 1.84. The van der Waals surface area contributed by atoms with Gasteiger partial charge in [0.05, 0.1) is 18.2 Å². The Morgan fingerprint density at radius 1 is 0.893 bits per heavy atom. The number of hydrogen-bond donors (Lipinski definition) is 0. The van der Waals surface area contributed by atoms with Crippen molar-refractivity contribution in [2.24, 2.45) is 0 Å². The normalized spacial score (nSPS) is 7.89. The van der Waals surface area contributed by atoms with E-state index in [1.54, 1.807) is 30.4 Å². The first-order chi connectivity index (χ1) is 13.4. The molecule has 0 aliphatic heterocycles. The highest BCUT2D eigenvalue weighted by molar-refractivity contribution is 5.72. The summed E-state index contributed by atoms with van der Waals surface area (Å²) < 4.78 is 13.4. The number of rotatable bonds is 8. The molecule has 0 aromatic carbocycles. The van der Waals surface area contributed by atoms with Crippen molar-refractivity contribution in [2.45, 2.75) is 26.2 Å². The molecule has 0 aromatic rings. The van der Waals surface area contributed by atoms with E-state index >= 15 is 0 Å². The van der Waals surface area contributed by atoms with Crippen molar-refractivity contribution in [1.82, 2.24) is 0 Å². The number of ether oxygens (including phenoxy) is 3. The van der Waals surface area contributed by atoms with Crippen LogP contribution >= 0.6 is 0 Å². The third-order valence-electron chi connectivity index (χ3n) is 1.93. The molecule has 0 aliphatic rings. The molecule has 0 aromatic heterocycles. The van der Waals surface area contributed by atoms with E-state index in [-0.39, 0.29) is 39.1 Å². The molecule has 0 N–H and O–H groups in total. The van der Waals surface area contributed by atoms with Crippen LogP contribution < -0.4 is 0 Å². The Kier molecular flexibility index (Phi) is 25.8. The molecule has 0 unspecified atom stereocenters. The summed E-state index contributed by atoms with van der Waals surface area (Å²) in [7, 11) is 0. The number of carbonyl (C=O) groups excluding carboxylic acids is 3. The topological polar surface area (TPSA) is 150 Å². The quantitative estimate of drug-likeness (QED) is 0.262. The summed E-state index contributed by atoms with van der Waals surface area (Å²) >= 11 is 0. The van der Waals surface area contributed by atoms with E-state index in [0.29, 0.717) is 0 Å². The van der Waals surface area contributed by atoms with Crippen LogP contribution in [0.4, 0.5) is 0 Å². The van der Waals surface area contributed by atoms with Crippen LogP contribution in [0.25, 0.3) is 0 Å². The summed E-state index contributed by atoms with van der Waals surface area (Å²) in [5.41, 5.74) is 0. The molecule has 9 heteroatoms. The van der Waals surface area contributed by atoms with Gasteiger partial charge in [-0.2, -0.15) is 15.8 Å². The maximum Gasteiger partial charge on any atom is 0.321 e. The zero-order valence-electron chi connectivity index (χ0n) is 15.6. The van der Waals surface area contributed by atoms with E-state index in [1.165, 1.54) is 6.08 Å². The minimum atomic E-state index is -0.574. The zero-order valence-corrected chi connectivity index (χ0v) is 15.6. The van der Waals surface area contributed by atoms with Gasteiger partial charge < -0.3 is 14.2 Å². The van der Waals surface area contributed by atoms with E-state index in [4.69, 9.17) is 22.2 Å². The monoisotopic (exact) mass is 387 g/mol. The summed E-state index contributed by atoms with van der Waals surface area (Å²) in [4.78, 5) is 31.0. The van der Waals surface area contributed by atoms with Gasteiger partial charge in [-0.15, -0.1) is 6.42 Å². The molecule has 0 heterocycles. The summed E-state index contributed by atoms with van der Waals surface area (Å²) in [6, 6.07) is 5.00. The average Bonchev–Trinajstić information content (AvgIpc) is 2.67. The lowest BCUT2D eigenvalue weighted by molar-refractivity contribution is -0.142. The van der Waals surface area contributed by atoms with Crippen molar-refractivity contribution in [3.8, 4) is 30.6 Å². The van der Waals surface area contributed by atoms with Crippen molar-refractivity contribution in [3.05, 3.63) is 24.8 Å². The largest absolute Gasteiger partial charge is 0.461 e. The van der Waals surface area contributed by atoms with E-state index in [0.717, 1.165) is 0 Å². The number of nitriles is 3. The van der Waals surface area contributed by atoms with Crippen molar-refractivity contribution < 1.29 is 28.6 Å². The number of hydrogen-bond acceptors (Lipinski definition) is 9. The van der Waals surface area contributed by atoms with Crippen LogP contribution in [0.15, 0.2) is 24.8 Å². The van der Waals surface area contributed by atoms with Gasteiger partial charge >= 0.3 is 17.9 Å². The molecule has 148 valence electrons. The van der Waals surface area contributed by atoms with Crippen molar-refractivity contribution in [3.63, 3.8) is 0 Å². The molecule has 0 saturated carbocycles. The van der Waals surface area contributed by atoms with Crippen LogP contribution in [0, 0.1) is 46.3 Å². The van der Waals surface area contributed by atoms with Gasteiger partial charge in [-0.25, -0.2) is 0 Å². The first-order valence-electron chi connectivity index (χ1n) is 7.66. The Morgan fingerprint density at radius 3 is 1.68 bits per heavy atom. The highest BCUT2D eigenvalue weighted by Gasteiger charge is 1.98. The Labute approximate surface area is 164 Å². The van der Waals surface area contributed by atoms with Gasteiger partial charge in [-0.05, 0) is 6.92 Å². The molecule has 0 radical (unpaired) electrons. The van der Waals surface area contributed by atoms with E-state index in [9.17, 15) is 14.4 Å². The Morgan fingerprint density at radius 2 is 1.32 bits per heavy atom.